The van der Waals surface area contributed by atoms with Crippen molar-refractivity contribution in [2.45, 2.75) is 25.3 Å². The molecule has 1 atom stereocenters. The van der Waals surface area contributed by atoms with Gasteiger partial charge in [0.1, 0.15) is 11.6 Å². The number of para-hydroxylation sites is 1. The number of benzene rings is 3. The summed E-state index contributed by atoms with van der Waals surface area (Å²) in [5.41, 5.74) is 3.64. The Bertz CT molecular complexity index is 1360. The van der Waals surface area contributed by atoms with Gasteiger partial charge in [-0.1, -0.05) is 64.5 Å². The average Bonchev–Trinajstić information content (AvgIpc) is 2.79. The molecule has 0 saturated carbocycles. The van der Waals surface area contributed by atoms with Gasteiger partial charge in [0.2, 0.25) is 0 Å². The highest BCUT2D eigenvalue weighted by atomic mass is 79.9. The van der Waals surface area contributed by atoms with Gasteiger partial charge in [0, 0.05) is 41.7 Å². The van der Waals surface area contributed by atoms with E-state index < -0.39 is 0 Å². The number of carbonyl (C=O) groups excluding carboxylic acids is 1. The molecule has 0 aliphatic carbocycles. The van der Waals surface area contributed by atoms with E-state index in [4.69, 9.17) is 0 Å². The van der Waals surface area contributed by atoms with Gasteiger partial charge in [0.25, 0.3) is 0 Å². The van der Waals surface area contributed by atoms with E-state index in [0.29, 0.717) is 24.9 Å². The number of rotatable bonds is 5. The molecule has 0 fully saturated rings. The molecule has 1 aromatic heterocycles. The molecule has 5 rings (SSSR count). The number of ketones is 1. The van der Waals surface area contributed by atoms with Crippen molar-refractivity contribution in [3.8, 4) is 0 Å². The Hall–Kier alpha value is -3.25. The van der Waals surface area contributed by atoms with Gasteiger partial charge in [0.05, 0.1) is 5.52 Å². The molecule has 4 aromatic rings. The molecule has 1 aliphatic heterocycles. The van der Waals surface area contributed by atoms with Crippen molar-refractivity contribution in [2.75, 3.05) is 11.9 Å². The number of nitrogens with zero attached hydrogens (tertiary/aromatic N) is 2. The van der Waals surface area contributed by atoms with Crippen molar-refractivity contribution < 1.29 is 4.79 Å². The minimum atomic E-state index is -0.231. The van der Waals surface area contributed by atoms with Crippen LogP contribution in [0.25, 0.3) is 10.9 Å². The average molecular weight is 488 g/mol. The van der Waals surface area contributed by atoms with Gasteiger partial charge in [-0.05, 0) is 41.0 Å². The second-order valence-electron chi connectivity index (χ2n) is 8.21. The Morgan fingerprint density at radius 2 is 1.78 bits per heavy atom. The molecule has 160 valence electrons. The highest BCUT2D eigenvalue weighted by Gasteiger charge is 2.23. The third kappa shape index (κ3) is 4.23. The first-order valence-electron chi connectivity index (χ1n) is 10.7. The Morgan fingerprint density at radius 3 is 2.59 bits per heavy atom. The fourth-order valence-corrected chi connectivity index (χ4v) is 4.78. The van der Waals surface area contributed by atoms with Crippen molar-refractivity contribution in [3.63, 3.8) is 0 Å². The lowest BCUT2D eigenvalue weighted by Gasteiger charge is -2.28. The second kappa shape index (κ2) is 8.71. The molecule has 0 bridgehead atoms. The first kappa shape index (κ1) is 20.6. The normalized spacial score (nSPS) is 15.2. The molecular weight excluding hydrogens is 466 g/mol. The van der Waals surface area contributed by atoms with Gasteiger partial charge < -0.3 is 5.32 Å². The van der Waals surface area contributed by atoms with Gasteiger partial charge in [-0.25, -0.2) is 4.79 Å². The number of aromatic nitrogens is 2. The van der Waals surface area contributed by atoms with Crippen LogP contribution in [0.4, 0.5) is 5.82 Å². The van der Waals surface area contributed by atoms with Crippen molar-refractivity contribution in [1.29, 1.82) is 0 Å². The van der Waals surface area contributed by atoms with Crippen molar-refractivity contribution >= 4 is 38.4 Å². The largest absolute Gasteiger partial charge is 0.370 e. The van der Waals surface area contributed by atoms with Crippen LogP contribution < -0.4 is 11.0 Å². The van der Waals surface area contributed by atoms with E-state index in [1.165, 1.54) is 0 Å². The fraction of sp³-hybridized carbons (Fsp3) is 0.192. The number of halogens is 1. The molecule has 32 heavy (non-hydrogen) atoms. The minimum Gasteiger partial charge on any atom is -0.370 e. The first-order chi connectivity index (χ1) is 15.6. The maximum atomic E-state index is 12.6. The molecule has 1 unspecified atom stereocenters. The Kier molecular flexibility index (Phi) is 5.62. The minimum absolute atomic E-state index is 0.162. The lowest BCUT2D eigenvalue weighted by atomic mass is 9.94. The summed E-state index contributed by atoms with van der Waals surface area (Å²) in [5.74, 6) is 1.19. The van der Waals surface area contributed by atoms with Crippen LogP contribution in [-0.2, 0) is 24.2 Å². The molecule has 2 heterocycles. The van der Waals surface area contributed by atoms with E-state index in [2.05, 4.69) is 38.4 Å². The van der Waals surface area contributed by atoms with E-state index in [9.17, 15) is 9.59 Å². The quantitative estimate of drug-likeness (QED) is 0.442. The smallest absolute Gasteiger partial charge is 0.349 e. The molecule has 0 radical (unpaired) electrons. The van der Waals surface area contributed by atoms with Crippen LogP contribution in [-0.4, -0.2) is 21.9 Å². The van der Waals surface area contributed by atoms with E-state index in [0.717, 1.165) is 38.9 Å². The third-order valence-corrected chi connectivity index (χ3v) is 6.43. The number of carbonyl (C=O) groups is 1. The van der Waals surface area contributed by atoms with Gasteiger partial charge in [0.15, 0.2) is 0 Å². The highest BCUT2D eigenvalue weighted by molar-refractivity contribution is 9.10. The maximum Gasteiger partial charge on any atom is 0.349 e. The number of Topliss-reactive ketones (excluding diaryl/α,β-unsaturated/α-hetero) is 1. The molecule has 6 heteroatoms. The lowest BCUT2D eigenvalue weighted by molar-refractivity contribution is -0.117. The summed E-state index contributed by atoms with van der Waals surface area (Å²) in [6.45, 7) is 1.33. The van der Waals surface area contributed by atoms with Gasteiger partial charge >= 0.3 is 5.69 Å². The monoisotopic (exact) mass is 487 g/mol. The summed E-state index contributed by atoms with van der Waals surface area (Å²) in [4.78, 5) is 29.3. The summed E-state index contributed by atoms with van der Waals surface area (Å²) in [5, 5.41) is 4.40. The molecule has 5 nitrogen and oxygen atoms in total. The lowest BCUT2D eigenvalue weighted by Crippen LogP contribution is -2.35. The van der Waals surface area contributed by atoms with E-state index in [-0.39, 0.29) is 17.4 Å². The number of hydrogen-bond acceptors (Lipinski definition) is 4. The van der Waals surface area contributed by atoms with Gasteiger partial charge in [-0.3, -0.25) is 9.36 Å². The van der Waals surface area contributed by atoms with E-state index in [1.54, 1.807) is 4.57 Å². The Morgan fingerprint density at radius 1 is 1.00 bits per heavy atom. The van der Waals surface area contributed by atoms with Crippen LogP contribution in [0.3, 0.4) is 0 Å². The van der Waals surface area contributed by atoms with Crippen molar-refractivity contribution in [3.05, 3.63) is 104 Å². The zero-order valence-corrected chi connectivity index (χ0v) is 19.0. The summed E-state index contributed by atoms with van der Waals surface area (Å²) < 4.78 is 2.71. The number of fused-ring (bicyclic) bond motifs is 3. The molecule has 0 spiro atoms. The van der Waals surface area contributed by atoms with Crippen LogP contribution >= 0.6 is 15.9 Å². The van der Waals surface area contributed by atoms with Crippen LogP contribution in [0, 0.1) is 0 Å². The highest BCUT2D eigenvalue weighted by Crippen LogP contribution is 2.28. The summed E-state index contributed by atoms with van der Waals surface area (Å²) in [6.07, 6.45) is 0.836. The van der Waals surface area contributed by atoms with Gasteiger partial charge in [-0.2, -0.15) is 4.98 Å². The molecule has 0 saturated heterocycles. The molecular formula is C26H22BrN3O2. The predicted molar refractivity (Wildman–Crippen MR) is 130 cm³/mol. The second-order valence-corrected chi connectivity index (χ2v) is 9.13. The SMILES string of the molecule is O=C(Cc1ccc(C2CNc3c4ccccc4nc(=O)n3C2)cc1)Cc1cccc(Br)c1. The molecule has 1 aliphatic rings. The van der Waals surface area contributed by atoms with E-state index >= 15 is 0 Å². The molecule has 0 amide bonds. The summed E-state index contributed by atoms with van der Waals surface area (Å²) in [6, 6.07) is 23.7. The van der Waals surface area contributed by atoms with Crippen molar-refractivity contribution in [2.24, 2.45) is 0 Å². The van der Waals surface area contributed by atoms with Crippen LogP contribution in [0.5, 0.6) is 0 Å². The Labute approximate surface area is 194 Å². The summed E-state index contributed by atoms with van der Waals surface area (Å²) >= 11 is 3.45. The molecule has 3 aromatic carbocycles. The standard InChI is InChI=1S/C26H22BrN3O2/c27-21-5-3-4-18(12-21)14-22(31)13-17-8-10-19(11-9-17)20-15-28-25-23-6-1-2-7-24(23)29-26(32)30(25)16-20/h1-12,20,28H,13-16H2. The third-order valence-electron chi connectivity index (χ3n) is 5.94. The number of nitrogens with one attached hydrogen (secondary N) is 1. The van der Waals surface area contributed by atoms with Crippen LogP contribution in [0.2, 0.25) is 0 Å². The Balaban J connectivity index is 1.29. The molecule has 1 N–H and O–H groups in total. The van der Waals surface area contributed by atoms with Crippen LogP contribution in [0.15, 0.2) is 82.1 Å². The van der Waals surface area contributed by atoms with Crippen molar-refractivity contribution in [1.82, 2.24) is 9.55 Å². The zero-order valence-electron chi connectivity index (χ0n) is 17.4. The van der Waals surface area contributed by atoms with Gasteiger partial charge in [-0.15, -0.1) is 0 Å². The predicted octanol–water partition coefficient (Wildman–Crippen LogP) is 4.72. The first-order valence-corrected chi connectivity index (χ1v) is 11.4. The summed E-state index contributed by atoms with van der Waals surface area (Å²) in [7, 11) is 0. The van der Waals surface area contributed by atoms with E-state index in [1.807, 2.05) is 60.7 Å². The topological polar surface area (TPSA) is 64.0 Å². The number of hydrogen-bond donors (Lipinski definition) is 1. The fourth-order valence-electron chi connectivity index (χ4n) is 4.34. The zero-order chi connectivity index (χ0) is 22.1. The number of anilines is 1. The maximum absolute atomic E-state index is 12.6. The van der Waals surface area contributed by atoms with Crippen LogP contribution in [0.1, 0.15) is 22.6 Å².